The summed E-state index contributed by atoms with van der Waals surface area (Å²) in [5, 5.41) is 0. The Morgan fingerprint density at radius 3 is 2.33 bits per heavy atom. The van der Waals surface area contributed by atoms with Gasteiger partial charge in [0.2, 0.25) is 0 Å². The summed E-state index contributed by atoms with van der Waals surface area (Å²) in [7, 11) is -3.13. The summed E-state index contributed by atoms with van der Waals surface area (Å²) >= 11 is 0. The molecule has 0 atom stereocenters. The van der Waals surface area contributed by atoms with E-state index in [-0.39, 0.29) is 22.5 Å². The number of rotatable bonds is 7. The van der Waals surface area contributed by atoms with Gasteiger partial charge in [0, 0.05) is 18.5 Å². The fraction of sp³-hybridized carbons (Fsp3) is 0.125. The molecule has 0 spiro atoms. The lowest BCUT2D eigenvalue weighted by Gasteiger charge is -2.11. The number of nitrogens with one attached hydrogen (secondary N) is 3. The number of hydrazine groups is 1. The van der Waals surface area contributed by atoms with Gasteiger partial charge in [0.05, 0.1) is 23.9 Å². The second-order valence-electron chi connectivity index (χ2n) is 5.38. The third-order valence-electron chi connectivity index (χ3n) is 3.28. The minimum atomic E-state index is -5.09. The molecule has 1 amide bonds. The predicted molar refractivity (Wildman–Crippen MR) is 97.2 cm³/mol. The number of esters is 1. The van der Waals surface area contributed by atoms with E-state index in [4.69, 9.17) is 0 Å². The van der Waals surface area contributed by atoms with Crippen LogP contribution in [0.25, 0.3) is 0 Å². The second kappa shape index (κ2) is 9.21. The molecule has 0 saturated carbocycles. The fourth-order valence-corrected chi connectivity index (χ4v) is 2.95. The lowest BCUT2D eigenvalue weighted by molar-refractivity contribution is -0.148. The maximum atomic E-state index is 12.7. The number of amides is 1. The van der Waals surface area contributed by atoms with E-state index < -0.39 is 33.6 Å². The molecular formula is C16H14F3N5O5S. The number of sulfonamides is 1. The molecule has 14 heteroatoms. The van der Waals surface area contributed by atoms with Crippen LogP contribution in [-0.4, -0.2) is 43.5 Å². The Morgan fingerprint density at radius 2 is 1.80 bits per heavy atom. The Kier molecular flexibility index (Phi) is 6.94. The van der Waals surface area contributed by atoms with Gasteiger partial charge < -0.3 is 4.74 Å². The largest absolute Gasteiger partial charge is 0.465 e. The van der Waals surface area contributed by atoms with Crippen LogP contribution in [0.15, 0.2) is 59.4 Å². The Labute approximate surface area is 168 Å². The Morgan fingerprint density at radius 1 is 1.13 bits per heavy atom. The number of methoxy groups -OCH3 is 1. The number of alkyl halides is 3. The van der Waals surface area contributed by atoms with E-state index in [1.54, 1.807) is 0 Å². The molecule has 0 saturated heterocycles. The van der Waals surface area contributed by atoms with Gasteiger partial charge >= 0.3 is 12.1 Å². The number of hydrogen-bond acceptors (Lipinski definition) is 8. The van der Waals surface area contributed by atoms with E-state index >= 15 is 0 Å². The number of halogens is 3. The number of aromatic nitrogens is 2. The number of anilines is 2. The predicted octanol–water partition coefficient (Wildman–Crippen LogP) is 1.38. The molecule has 0 bridgehead atoms. The molecule has 30 heavy (non-hydrogen) atoms. The van der Waals surface area contributed by atoms with Gasteiger partial charge in [-0.25, -0.2) is 18.2 Å². The van der Waals surface area contributed by atoms with Gasteiger partial charge in [-0.1, -0.05) is 0 Å². The molecule has 0 radical (unpaired) electrons. The summed E-state index contributed by atoms with van der Waals surface area (Å²) in [5.74, 6) is -3.03. The van der Waals surface area contributed by atoms with E-state index in [1.165, 1.54) is 36.7 Å². The van der Waals surface area contributed by atoms with E-state index in [0.29, 0.717) is 0 Å². The summed E-state index contributed by atoms with van der Waals surface area (Å²) in [5.41, 5.74) is 2.41. The quantitative estimate of drug-likeness (QED) is 0.330. The average Bonchev–Trinajstić information content (AvgIpc) is 2.70. The average molecular weight is 445 g/mol. The van der Waals surface area contributed by atoms with E-state index in [0.717, 1.165) is 13.3 Å². The zero-order valence-electron chi connectivity index (χ0n) is 15.1. The molecule has 0 unspecified atom stereocenters. The smallest absolute Gasteiger partial charge is 0.423 e. The number of ether oxygens (including phenoxy) is 1. The van der Waals surface area contributed by atoms with Gasteiger partial charge in [0.25, 0.3) is 15.9 Å². The van der Waals surface area contributed by atoms with Crippen LogP contribution in [0.4, 0.5) is 24.7 Å². The summed E-state index contributed by atoms with van der Waals surface area (Å²) in [6, 6.07) is 5.13. The van der Waals surface area contributed by atoms with Crippen molar-refractivity contribution in [2.45, 2.75) is 11.1 Å². The van der Waals surface area contributed by atoms with Gasteiger partial charge in [-0.15, -0.1) is 0 Å². The first-order valence-electron chi connectivity index (χ1n) is 7.85. The molecule has 0 aliphatic carbocycles. The summed E-state index contributed by atoms with van der Waals surface area (Å²) in [6.07, 6.45) is -1.34. The maximum Gasteiger partial charge on any atom is 0.423 e. The Bertz CT molecular complexity index is 1040. The van der Waals surface area contributed by atoms with Crippen molar-refractivity contribution in [1.29, 1.82) is 0 Å². The third kappa shape index (κ3) is 6.16. The summed E-state index contributed by atoms with van der Waals surface area (Å²) in [4.78, 5) is 30.3. The number of hydrogen-bond donors (Lipinski definition) is 3. The topological polar surface area (TPSA) is 139 Å². The van der Waals surface area contributed by atoms with Crippen molar-refractivity contribution in [1.82, 2.24) is 15.4 Å². The molecular weight excluding hydrogens is 431 g/mol. The molecule has 2 rings (SSSR count). The highest BCUT2D eigenvalue weighted by Gasteiger charge is 2.40. The molecule has 160 valence electrons. The van der Waals surface area contributed by atoms with Gasteiger partial charge in [0.15, 0.2) is 0 Å². The van der Waals surface area contributed by atoms with Gasteiger partial charge in [0.1, 0.15) is 11.4 Å². The zero-order chi connectivity index (χ0) is 22.4. The van der Waals surface area contributed by atoms with Gasteiger partial charge in [-0.3, -0.25) is 25.4 Å². The maximum absolute atomic E-state index is 12.7. The Hall–Kier alpha value is -3.68. The van der Waals surface area contributed by atoms with Crippen molar-refractivity contribution >= 4 is 33.4 Å². The molecule has 10 nitrogen and oxygen atoms in total. The second-order valence-corrected chi connectivity index (χ2v) is 7.06. The molecule has 0 aliphatic rings. The molecule has 0 aliphatic heterocycles. The zero-order valence-corrected chi connectivity index (χ0v) is 15.9. The molecule has 3 N–H and O–H groups in total. The fourth-order valence-electron chi connectivity index (χ4n) is 1.92. The monoisotopic (exact) mass is 445 g/mol. The lowest BCUT2D eigenvalue weighted by Crippen LogP contribution is -2.31. The number of carbonyl (C=O) groups excluding carboxylic acids is 2. The molecule has 2 aromatic rings. The third-order valence-corrected chi connectivity index (χ3v) is 4.67. The van der Waals surface area contributed by atoms with Crippen LogP contribution in [0.3, 0.4) is 0 Å². The van der Waals surface area contributed by atoms with E-state index in [1.807, 2.05) is 5.43 Å². The molecule has 2 heterocycles. The van der Waals surface area contributed by atoms with Crippen LogP contribution in [0.1, 0.15) is 0 Å². The van der Waals surface area contributed by atoms with Crippen molar-refractivity contribution in [3.63, 3.8) is 0 Å². The first-order chi connectivity index (χ1) is 14.0. The highest BCUT2D eigenvalue weighted by molar-refractivity contribution is 7.92. The molecule has 2 aromatic heterocycles. The van der Waals surface area contributed by atoms with Crippen LogP contribution in [0.5, 0.6) is 0 Å². The standard InChI is InChI=1S/C16H14F3N5O5S/c1-29-15(26)12(16(17,18)19)8-14(25)23-22-13-3-2-10(9-21-13)24-30(27,28)11-4-6-20-7-5-11/h2-9,24H,1H3,(H,21,22)(H,23,25)/b12-8+. The van der Waals surface area contributed by atoms with Gasteiger partial charge in [-0.05, 0) is 24.3 Å². The van der Waals surface area contributed by atoms with Crippen molar-refractivity contribution in [3.8, 4) is 0 Å². The first kappa shape index (κ1) is 22.6. The van der Waals surface area contributed by atoms with E-state index in [9.17, 15) is 31.2 Å². The number of pyridine rings is 2. The summed E-state index contributed by atoms with van der Waals surface area (Å²) < 4.78 is 68.9. The van der Waals surface area contributed by atoms with Crippen molar-refractivity contribution in [3.05, 3.63) is 54.5 Å². The van der Waals surface area contributed by atoms with Crippen LogP contribution >= 0.6 is 0 Å². The van der Waals surface area contributed by atoms with Crippen molar-refractivity contribution in [2.75, 3.05) is 17.3 Å². The minimum absolute atomic E-state index is 0.0183. The number of nitrogens with zero attached hydrogens (tertiary/aromatic N) is 2. The highest BCUT2D eigenvalue weighted by atomic mass is 32.2. The first-order valence-corrected chi connectivity index (χ1v) is 9.33. The van der Waals surface area contributed by atoms with Crippen molar-refractivity contribution in [2.24, 2.45) is 0 Å². The normalized spacial score (nSPS) is 12.1. The van der Waals surface area contributed by atoms with Crippen molar-refractivity contribution < 1.29 is 35.9 Å². The van der Waals surface area contributed by atoms with Crippen LogP contribution in [0.2, 0.25) is 0 Å². The Balaban J connectivity index is 2.02. The van der Waals surface area contributed by atoms with E-state index in [2.05, 4.69) is 24.9 Å². The lowest BCUT2D eigenvalue weighted by atomic mass is 10.2. The van der Waals surface area contributed by atoms with Crippen LogP contribution in [0, 0.1) is 0 Å². The molecule has 0 aromatic carbocycles. The molecule has 0 fully saturated rings. The van der Waals surface area contributed by atoms with Gasteiger partial charge in [-0.2, -0.15) is 13.2 Å². The summed E-state index contributed by atoms with van der Waals surface area (Å²) in [6.45, 7) is 0. The number of carbonyl (C=O) groups is 2. The minimum Gasteiger partial charge on any atom is -0.465 e. The SMILES string of the molecule is COC(=O)/C(=C\C(=O)NNc1ccc(NS(=O)(=O)c2ccncc2)cn1)C(F)(F)F. The van der Waals surface area contributed by atoms with Crippen LogP contribution in [-0.2, 0) is 24.3 Å². The highest BCUT2D eigenvalue weighted by Crippen LogP contribution is 2.26. The van der Waals surface area contributed by atoms with Crippen LogP contribution < -0.4 is 15.6 Å².